The predicted octanol–water partition coefficient (Wildman–Crippen LogP) is -0.0993. The maximum atomic E-state index is 11.9. The van der Waals surface area contributed by atoms with E-state index in [2.05, 4.69) is 15.4 Å². The lowest BCUT2D eigenvalue weighted by Gasteiger charge is -2.15. The molecule has 0 aromatic rings. The third-order valence-corrected chi connectivity index (χ3v) is 5.37. The van der Waals surface area contributed by atoms with E-state index in [1.807, 2.05) is 0 Å². The Labute approximate surface area is 108 Å². The fraction of sp³-hybridized carbons (Fsp3) is 0.818. The van der Waals surface area contributed by atoms with E-state index in [1.54, 1.807) is 0 Å². The first-order chi connectivity index (χ1) is 8.61. The molecule has 2 aliphatic heterocycles. The van der Waals surface area contributed by atoms with Gasteiger partial charge < -0.3 is 15.4 Å². The SMILES string of the molecule is COC(=O)CCCC[C@@H]1[C@H]2NC(=O)N[C@H]2CS1=O. The van der Waals surface area contributed by atoms with Crippen LogP contribution >= 0.6 is 0 Å². The molecule has 2 heterocycles. The maximum absolute atomic E-state index is 11.9. The predicted molar refractivity (Wildman–Crippen MR) is 66.5 cm³/mol. The molecule has 0 radical (unpaired) electrons. The van der Waals surface area contributed by atoms with Gasteiger partial charge in [0.05, 0.1) is 24.4 Å². The highest BCUT2D eigenvalue weighted by Crippen LogP contribution is 2.25. The summed E-state index contributed by atoms with van der Waals surface area (Å²) in [6.45, 7) is 0. The second kappa shape index (κ2) is 5.69. The summed E-state index contributed by atoms with van der Waals surface area (Å²) in [4.78, 5) is 22.1. The van der Waals surface area contributed by atoms with Crippen LogP contribution in [0.4, 0.5) is 4.79 Å². The van der Waals surface area contributed by atoms with E-state index in [0.29, 0.717) is 12.2 Å². The fourth-order valence-corrected chi connectivity index (χ4v) is 4.45. The van der Waals surface area contributed by atoms with Crippen molar-refractivity contribution in [2.45, 2.75) is 43.0 Å². The van der Waals surface area contributed by atoms with Gasteiger partial charge in [0.2, 0.25) is 0 Å². The second-order valence-electron chi connectivity index (χ2n) is 4.66. The van der Waals surface area contributed by atoms with Crippen molar-refractivity contribution in [3.05, 3.63) is 0 Å². The molecule has 2 N–H and O–H groups in total. The van der Waals surface area contributed by atoms with Crippen LogP contribution in [0.25, 0.3) is 0 Å². The number of ether oxygens (including phenoxy) is 1. The molecule has 2 saturated heterocycles. The summed E-state index contributed by atoms with van der Waals surface area (Å²) in [5.41, 5.74) is 0. The molecule has 0 aromatic carbocycles. The Balaban J connectivity index is 1.76. The molecule has 2 fully saturated rings. The standard InChI is InChI=1S/C11H18N2O4S/c1-17-9(14)5-3-2-4-8-10-7(6-18(8)16)12-11(15)13-10/h7-8,10H,2-6H2,1H3,(H2,12,13,15)/t7-,8+,10-,18?/m0/s1. The lowest BCUT2D eigenvalue weighted by Crippen LogP contribution is -2.38. The van der Waals surface area contributed by atoms with Gasteiger partial charge in [0.15, 0.2) is 0 Å². The number of esters is 1. The fourth-order valence-electron chi connectivity index (χ4n) is 2.54. The summed E-state index contributed by atoms with van der Waals surface area (Å²) in [6, 6.07) is -0.179. The van der Waals surface area contributed by atoms with E-state index >= 15 is 0 Å². The number of unbranched alkanes of at least 4 members (excludes halogenated alkanes) is 1. The van der Waals surface area contributed by atoms with Crippen molar-refractivity contribution in [3.8, 4) is 0 Å². The van der Waals surface area contributed by atoms with Crippen molar-refractivity contribution in [2.75, 3.05) is 12.9 Å². The normalized spacial score (nSPS) is 33.7. The first-order valence-electron chi connectivity index (χ1n) is 6.13. The van der Waals surface area contributed by atoms with Crippen molar-refractivity contribution >= 4 is 22.8 Å². The minimum atomic E-state index is -0.894. The molecule has 0 aromatic heterocycles. The van der Waals surface area contributed by atoms with Gasteiger partial charge in [-0.2, -0.15) is 0 Å². The first-order valence-corrected chi connectivity index (χ1v) is 7.51. The summed E-state index contributed by atoms with van der Waals surface area (Å²) in [6.07, 6.45) is 2.73. The molecule has 7 heteroatoms. The molecule has 2 rings (SSSR count). The molecule has 0 spiro atoms. The van der Waals surface area contributed by atoms with E-state index in [-0.39, 0.29) is 29.3 Å². The molecule has 4 atom stereocenters. The Morgan fingerprint density at radius 3 is 2.94 bits per heavy atom. The minimum absolute atomic E-state index is 0.00365. The van der Waals surface area contributed by atoms with Crippen LogP contribution in [-0.4, -0.2) is 46.4 Å². The highest BCUT2D eigenvalue weighted by atomic mass is 32.2. The topological polar surface area (TPSA) is 84.5 Å². The largest absolute Gasteiger partial charge is 0.469 e. The molecule has 18 heavy (non-hydrogen) atoms. The zero-order valence-corrected chi connectivity index (χ0v) is 11.1. The second-order valence-corrected chi connectivity index (χ2v) is 6.36. The van der Waals surface area contributed by atoms with Gasteiger partial charge in [-0.05, 0) is 12.8 Å². The number of hydrogen-bond acceptors (Lipinski definition) is 4. The lowest BCUT2D eigenvalue weighted by atomic mass is 10.0. The summed E-state index contributed by atoms with van der Waals surface area (Å²) in [7, 11) is 0.480. The molecule has 6 nitrogen and oxygen atoms in total. The number of amides is 2. The highest BCUT2D eigenvalue weighted by molar-refractivity contribution is 7.86. The van der Waals surface area contributed by atoms with Crippen LogP contribution in [0.1, 0.15) is 25.7 Å². The average Bonchev–Trinajstić information content (AvgIpc) is 2.81. The Hall–Kier alpha value is -1.11. The zero-order chi connectivity index (χ0) is 13.1. The summed E-state index contributed by atoms with van der Waals surface area (Å²) in [5.74, 6) is 0.321. The Morgan fingerprint density at radius 1 is 1.44 bits per heavy atom. The van der Waals surface area contributed by atoms with Crippen LogP contribution in [0.3, 0.4) is 0 Å². The number of hydrogen-bond donors (Lipinski definition) is 2. The third-order valence-electron chi connectivity index (χ3n) is 3.48. The van der Waals surface area contributed by atoms with Gasteiger partial charge in [-0.25, -0.2) is 4.79 Å². The van der Waals surface area contributed by atoms with Gasteiger partial charge in [-0.15, -0.1) is 0 Å². The molecule has 1 unspecified atom stereocenters. The highest BCUT2D eigenvalue weighted by Gasteiger charge is 2.46. The minimum Gasteiger partial charge on any atom is -0.469 e. The van der Waals surface area contributed by atoms with Gasteiger partial charge in [-0.3, -0.25) is 9.00 Å². The Morgan fingerprint density at radius 2 is 2.22 bits per heavy atom. The lowest BCUT2D eigenvalue weighted by molar-refractivity contribution is -0.140. The molecule has 0 saturated carbocycles. The molecule has 102 valence electrons. The number of methoxy groups -OCH3 is 1. The molecule has 2 aliphatic rings. The smallest absolute Gasteiger partial charge is 0.315 e. The van der Waals surface area contributed by atoms with Crippen molar-refractivity contribution in [1.82, 2.24) is 10.6 Å². The Kier molecular flexibility index (Phi) is 4.21. The van der Waals surface area contributed by atoms with Crippen LogP contribution in [0, 0.1) is 0 Å². The van der Waals surface area contributed by atoms with E-state index in [1.165, 1.54) is 7.11 Å². The number of carbonyl (C=O) groups excluding carboxylic acids is 2. The van der Waals surface area contributed by atoms with Crippen molar-refractivity contribution < 1.29 is 18.5 Å². The molecular formula is C11H18N2O4S. The van der Waals surface area contributed by atoms with Crippen LogP contribution < -0.4 is 10.6 Å². The van der Waals surface area contributed by atoms with Gasteiger partial charge >= 0.3 is 12.0 Å². The van der Waals surface area contributed by atoms with E-state index < -0.39 is 10.8 Å². The Bertz CT molecular complexity index is 374. The van der Waals surface area contributed by atoms with Gasteiger partial charge in [0.25, 0.3) is 0 Å². The number of fused-ring (bicyclic) bond motifs is 1. The number of rotatable bonds is 5. The molecular weight excluding hydrogens is 256 g/mol. The van der Waals surface area contributed by atoms with E-state index in [9.17, 15) is 13.8 Å². The molecule has 2 amide bonds. The van der Waals surface area contributed by atoms with Gasteiger partial charge in [0.1, 0.15) is 0 Å². The summed E-state index contributed by atoms with van der Waals surface area (Å²) in [5, 5.41) is 5.61. The number of carbonyl (C=O) groups is 2. The number of urea groups is 1. The zero-order valence-electron chi connectivity index (χ0n) is 10.3. The van der Waals surface area contributed by atoms with Crippen LogP contribution in [0.2, 0.25) is 0 Å². The van der Waals surface area contributed by atoms with E-state index in [0.717, 1.165) is 19.3 Å². The third kappa shape index (κ3) is 2.82. The molecule has 0 aliphatic carbocycles. The summed E-state index contributed by atoms with van der Waals surface area (Å²) < 4.78 is 16.5. The van der Waals surface area contributed by atoms with Crippen molar-refractivity contribution in [3.63, 3.8) is 0 Å². The summed E-state index contributed by atoms with van der Waals surface area (Å²) >= 11 is 0. The van der Waals surface area contributed by atoms with Crippen LogP contribution in [0.15, 0.2) is 0 Å². The van der Waals surface area contributed by atoms with Crippen LogP contribution in [0.5, 0.6) is 0 Å². The monoisotopic (exact) mass is 274 g/mol. The van der Waals surface area contributed by atoms with Gasteiger partial charge in [0, 0.05) is 23.0 Å². The molecule has 0 bridgehead atoms. The van der Waals surface area contributed by atoms with Crippen molar-refractivity contribution in [2.24, 2.45) is 0 Å². The average molecular weight is 274 g/mol. The quantitative estimate of drug-likeness (QED) is 0.416. The number of nitrogens with one attached hydrogen (secondary N) is 2. The first kappa shape index (κ1) is 13.3. The maximum Gasteiger partial charge on any atom is 0.315 e. The van der Waals surface area contributed by atoms with E-state index in [4.69, 9.17) is 0 Å². The van der Waals surface area contributed by atoms with Crippen molar-refractivity contribution in [1.29, 1.82) is 0 Å². The van der Waals surface area contributed by atoms with Crippen LogP contribution in [-0.2, 0) is 20.3 Å². The van der Waals surface area contributed by atoms with Gasteiger partial charge in [-0.1, -0.05) is 6.42 Å².